The lowest BCUT2D eigenvalue weighted by molar-refractivity contribution is -0.0990. The largest absolute Gasteiger partial charge is 0.381 e. The standard InChI is InChI=1S/C14H30N4O/c1-16(2)4-5-17-6-8-18(9-7-17)14(12-15)10-13(11-14)19-3/h13H,4-12,15H2,1-3H3. The minimum atomic E-state index is 0.230. The Kier molecular flexibility index (Phi) is 5.20. The van der Waals surface area contributed by atoms with E-state index in [2.05, 4.69) is 28.8 Å². The highest BCUT2D eigenvalue weighted by Gasteiger charge is 2.48. The van der Waals surface area contributed by atoms with Crippen molar-refractivity contribution in [2.24, 2.45) is 5.73 Å². The van der Waals surface area contributed by atoms with Crippen LogP contribution in [0.1, 0.15) is 12.8 Å². The summed E-state index contributed by atoms with van der Waals surface area (Å²) in [7, 11) is 6.09. The summed E-state index contributed by atoms with van der Waals surface area (Å²) in [4.78, 5) is 7.42. The predicted octanol–water partition coefficient (Wildman–Crippen LogP) is -0.328. The summed E-state index contributed by atoms with van der Waals surface area (Å²) in [5, 5.41) is 0. The molecule has 0 amide bonds. The second kappa shape index (κ2) is 6.50. The number of hydrogen-bond acceptors (Lipinski definition) is 5. The van der Waals surface area contributed by atoms with Crippen molar-refractivity contribution in [1.29, 1.82) is 0 Å². The molecule has 0 atom stereocenters. The molecule has 0 spiro atoms. The van der Waals surface area contributed by atoms with Crippen molar-refractivity contribution in [3.63, 3.8) is 0 Å². The van der Waals surface area contributed by atoms with Gasteiger partial charge in [0.15, 0.2) is 0 Å². The monoisotopic (exact) mass is 270 g/mol. The summed E-state index contributed by atoms with van der Waals surface area (Å²) in [6.45, 7) is 7.75. The van der Waals surface area contributed by atoms with E-state index in [-0.39, 0.29) is 5.54 Å². The second-order valence-corrected chi connectivity index (χ2v) is 6.33. The molecule has 1 saturated carbocycles. The molecule has 2 fully saturated rings. The molecule has 19 heavy (non-hydrogen) atoms. The van der Waals surface area contributed by atoms with E-state index in [9.17, 15) is 0 Å². The molecular weight excluding hydrogens is 240 g/mol. The first-order chi connectivity index (χ1) is 9.09. The van der Waals surface area contributed by atoms with Crippen LogP contribution in [0.2, 0.25) is 0 Å². The van der Waals surface area contributed by atoms with E-state index in [0.717, 1.165) is 39.0 Å². The molecule has 1 saturated heterocycles. The zero-order valence-electron chi connectivity index (χ0n) is 12.8. The molecule has 2 N–H and O–H groups in total. The summed E-state index contributed by atoms with van der Waals surface area (Å²) in [6.07, 6.45) is 2.64. The third-order valence-electron chi connectivity index (χ3n) is 4.84. The maximum atomic E-state index is 6.03. The van der Waals surface area contributed by atoms with Gasteiger partial charge >= 0.3 is 0 Å². The quantitative estimate of drug-likeness (QED) is 0.716. The van der Waals surface area contributed by atoms with Crippen LogP contribution in [-0.2, 0) is 4.74 Å². The summed E-state index contributed by atoms with van der Waals surface area (Å²) in [6, 6.07) is 0. The van der Waals surface area contributed by atoms with Gasteiger partial charge in [0.2, 0.25) is 0 Å². The third kappa shape index (κ3) is 3.47. The van der Waals surface area contributed by atoms with Crippen molar-refractivity contribution >= 4 is 0 Å². The molecular formula is C14H30N4O. The highest BCUT2D eigenvalue weighted by atomic mass is 16.5. The van der Waals surface area contributed by atoms with Gasteiger partial charge in [-0.15, -0.1) is 0 Å². The number of hydrogen-bond donors (Lipinski definition) is 1. The van der Waals surface area contributed by atoms with Crippen LogP contribution >= 0.6 is 0 Å². The molecule has 5 heteroatoms. The topological polar surface area (TPSA) is 45.0 Å². The van der Waals surface area contributed by atoms with Crippen molar-refractivity contribution in [3.8, 4) is 0 Å². The molecule has 1 heterocycles. The number of likely N-dealkylation sites (N-methyl/N-ethyl adjacent to an activating group) is 1. The van der Waals surface area contributed by atoms with Gasteiger partial charge in [0.25, 0.3) is 0 Å². The Morgan fingerprint density at radius 3 is 2.32 bits per heavy atom. The lowest BCUT2D eigenvalue weighted by Crippen LogP contribution is -2.67. The van der Waals surface area contributed by atoms with Gasteiger partial charge in [-0.3, -0.25) is 9.80 Å². The summed E-state index contributed by atoms with van der Waals surface area (Å²) in [5.74, 6) is 0. The van der Waals surface area contributed by atoms with Crippen molar-refractivity contribution < 1.29 is 4.74 Å². The smallest absolute Gasteiger partial charge is 0.0607 e. The molecule has 1 aliphatic heterocycles. The van der Waals surface area contributed by atoms with Crippen molar-refractivity contribution in [1.82, 2.24) is 14.7 Å². The van der Waals surface area contributed by atoms with Gasteiger partial charge in [0, 0.05) is 58.5 Å². The first kappa shape index (κ1) is 15.2. The van der Waals surface area contributed by atoms with Crippen LogP contribution in [0.4, 0.5) is 0 Å². The number of nitrogens with two attached hydrogens (primary N) is 1. The molecule has 0 radical (unpaired) electrons. The zero-order chi connectivity index (χ0) is 13.9. The number of ether oxygens (including phenoxy) is 1. The molecule has 0 bridgehead atoms. The van der Waals surface area contributed by atoms with Crippen LogP contribution in [0, 0.1) is 0 Å². The van der Waals surface area contributed by atoms with E-state index in [4.69, 9.17) is 10.5 Å². The molecule has 112 valence electrons. The van der Waals surface area contributed by atoms with E-state index < -0.39 is 0 Å². The van der Waals surface area contributed by atoms with E-state index in [1.807, 2.05) is 7.11 Å². The van der Waals surface area contributed by atoms with Crippen molar-refractivity contribution in [2.45, 2.75) is 24.5 Å². The normalized spacial score (nSPS) is 33.6. The lowest BCUT2D eigenvalue weighted by atomic mass is 9.72. The molecule has 0 unspecified atom stereocenters. The Morgan fingerprint density at radius 1 is 1.21 bits per heavy atom. The predicted molar refractivity (Wildman–Crippen MR) is 78.4 cm³/mol. The van der Waals surface area contributed by atoms with Gasteiger partial charge in [-0.1, -0.05) is 0 Å². The van der Waals surface area contributed by atoms with E-state index >= 15 is 0 Å². The minimum absolute atomic E-state index is 0.230. The SMILES string of the molecule is COC1CC(CN)(N2CCN(CCN(C)C)CC2)C1. The molecule has 0 aromatic heterocycles. The van der Waals surface area contributed by atoms with E-state index in [1.54, 1.807) is 0 Å². The summed E-state index contributed by atoms with van der Waals surface area (Å²) < 4.78 is 5.42. The van der Waals surface area contributed by atoms with Gasteiger partial charge in [0.1, 0.15) is 0 Å². The first-order valence-electron chi connectivity index (χ1n) is 7.44. The Balaban J connectivity index is 1.76. The Hall–Kier alpha value is -0.200. The third-order valence-corrected chi connectivity index (χ3v) is 4.84. The maximum Gasteiger partial charge on any atom is 0.0607 e. The molecule has 0 aromatic carbocycles. The van der Waals surface area contributed by atoms with E-state index in [0.29, 0.717) is 6.10 Å². The van der Waals surface area contributed by atoms with Gasteiger partial charge in [-0.05, 0) is 26.9 Å². The fourth-order valence-corrected chi connectivity index (χ4v) is 3.30. The van der Waals surface area contributed by atoms with Crippen LogP contribution in [0.5, 0.6) is 0 Å². The minimum Gasteiger partial charge on any atom is -0.381 e. The highest BCUT2D eigenvalue weighted by Crippen LogP contribution is 2.39. The van der Waals surface area contributed by atoms with Crippen LogP contribution < -0.4 is 5.73 Å². The maximum absolute atomic E-state index is 6.03. The molecule has 2 rings (SSSR count). The van der Waals surface area contributed by atoms with Crippen LogP contribution in [0.3, 0.4) is 0 Å². The Bertz CT molecular complexity index is 271. The van der Waals surface area contributed by atoms with Gasteiger partial charge < -0.3 is 15.4 Å². The number of piperazine rings is 1. The van der Waals surface area contributed by atoms with Gasteiger partial charge in [-0.25, -0.2) is 0 Å². The van der Waals surface area contributed by atoms with Crippen LogP contribution in [-0.4, -0.2) is 93.4 Å². The lowest BCUT2D eigenvalue weighted by Gasteiger charge is -2.55. The molecule has 0 aromatic rings. The number of rotatable bonds is 6. The average molecular weight is 270 g/mol. The van der Waals surface area contributed by atoms with Crippen LogP contribution in [0.15, 0.2) is 0 Å². The van der Waals surface area contributed by atoms with Crippen molar-refractivity contribution in [3.05, 3.63) is 0 Å². The fourth-order valence-electron chi connectivity index (χ4n) is 3.30. The average Bonchev–Trinajstić information content (AvgIpc) is 2.37. The van der Waals surface area contributed by atoms with Crippen LogP contribution in [0.25, 0.3) is 0 Å². The summed E-state index contributed by atoms with van der Waals surface area (Å²) >= 11 is 0. The van der Waals surface area contributed by atoms with Gasteiger partial charge in [-0.2, -0.15) is 0 Å². The summed E-state index contributed by atoms with van der Waals surface area (Å²) in [5.41, 5.74) is 6.26. The number of nitrogens with zero attached hydrogens (tertiary/aromatic N) is 3. The molecule has 1 aliphatic carbocycles. The Labute approximate surface area is 117 Å². The van der Waals surface area contributed by atoms with Gasteiger partial charge in [0.05, 0.1) is 6.10 Å². The number of methoxy groups -OCH3 is 1. The zero-order valence-corrected chi connectivity index (χ0v) is 12.8. The highest BCUT2D eigenvalue weighted by molar-refractivity contribution is 5.05. The second-order valence-electron chi connectivity index (χ2n) is 6.33. The molecule has 5 nitrogen and oxygen atoms in total. The molecule has 2 aliphatic rings. The van der Waals surface area contributed by atoms with E-state index in [1.165, 1.54) is 19.6 Å². The van der Waals surface area contributed by atoms with Crippen molar-refractivity contribution in [2.75, 3.05) is 67.0 Å². The first-order valence-corrected chi connectivity index (χ1v) is 7.44. The Morgan fingerprint density at radius 2 is 1.84 bits per heavy atom. The fraction of sp³-hybridized carbons (Fsp3) is 1.00.